The van der Waals surface area contributed by atoms with Gasteiger partial charge in [0.2, 0.25) is 5.91 Å². The Morgan fingerprint density at radius 1 is 1.07 bits per heavy atom. The van der Waals surface area contributed by atoms with Crippen LogP contribution in [0.4, 0.5) is 0 Å². The van der Waals surface area contributed by atoms with Crippen molar-refractivity contribution in [3.63, 3.8) is 0 Å². The molecular weight excluding hydrogens is 364 g/mol. The predicted octanol–water partition coefficient (Wildman–Crippen LogP) is 2.05. The average molecular weight is 395 g/mol. The summed E-state index contributed by atoms with van der Waals surface area (Å²) < 4.78 is 0. The lowest BCUT2D eigenvalue weighted by atomic mass is 10.0. The van der Waals surface area contributed by atoms with Crippen LogP contribution in [-0.4, -0.2) is 73.3 Å². The van der Waals surface area contributed by atoms with Crippen molar-refractivity contribution in [2.24, 2.45) is 5.73 Å². The summed E-state index contributed by atoms with van der Waals surface area (Å²) in [6.45, 7) is 2.12. The molecule has 6 nitrogen and oxygen atoms in total. The Morgan fingerprint density at radius 2 is 1.79 bits per heavy atom. The van der Waals surface area contributed by atoms with Gasteiger partial charge in [-0.05, 0) is 55.4 Å². The Labute approximate surface area is 172 Å². The third kappa shape index (κ3) is 5.02. The smallest absolute Gasteiger partial charge is 0.253 e. The molecule has 1 heterocycles. The fourth-order valence-corrected chi connectivity index (χ4v) is 3.70. The van der Waals surface area contributed by atoms with Crippen LogP contribution in [0.5, 0.6) is 0 Å². The molecule has 1 aliphatic heterocycles. The number of likely N-dealkylation sites (N-methyl/N-ethyl adjacent to an activating group) is 2. The summed E-state index contributed by atoms with van der Waals surface area (Å²) in [5.41, 5.74) is 9.29. The lowest BCUT2D eigenvalue weighted by Gasteiger charge is -2.20. The van der Waals surface area contributed by atoms with Crippen molar-refractivity contribution in [1.29, 1.82) is 0 Å². The average Bonchev–Trinajstić information content (AvgIpc) is 3.23. The van der Waals surface area contributed by atoms with Crippen LogP contribution in [0, 0.1) is 0 Å². The number of amides is 2. The van der Waals surface area contributed by atoms with Crippen LogP contribution in [0.2, 0.25) is 0 Å². The summed E-state index contributed by atoms with van der Waals surface area (Å²) in [5.74, 6) is 0.00765. The highest BCUT2D eigenvalue weighted by molar-refractivity contribution is 5.95. The van der Waals surface area contributed by atoms with Crippen molar-refractivity contribution in [2.75, 3.05) is 40.8 Å². The third-order valence-electron chi connectivity index (χ3n) is 5.59. The molecule has 1 saturated heterocycles. The Bertz CT molecular complexity index is 863. The number of hydrogen-bond donors (Lipinski definition) is 1. The Balaban J connectivity index is 1.69. The van der Waals surface area contributed by atoms with Gasteiger partial charge >= 0.3 is 0 Å². The van der Waals surface area contributed by atoms with Crippen molar-refractivity contribution in [3.8, 4) is 11.1 Å². The molecule has 154 valence electrons. The van der Waals surface area contributed by atoms with Crippen LogP contribution in [0.15, 0.2) is 48.5 Å². The van der Waals surface area contributed by atoms with Crippen LogP contribution in [0.3, 0.4) is 0 Å². The first-order chi connectivity index (χ1) is 13.9. The molecule has 0 aromatic heterocycles. The second kappa shape index (κ2) is 9.20. The molecule has 1 aliphatic rings. The number of nitrogens with two attached hydrogens (primary N) is 1. The maximum atomic E-state index is 12.8. The second-order valence-corrected chi connectivity index (χ2v) is 7.89. The molecule has 0 spiro atoms. The molecule has 2 aromatic carbocycles. The first-order valence-electron chi connectivity index (χ1n) is 9.98. The van der Waals surface area contributed by atoms with E-state index in [1.165, 1.54) is 0 Å². The molecule has 6 heteroatoms. The van der Waals surface area contributed by atoms with Gasteiger partial charge in [0.05, 0.1) is 6.54 Å². The van der Waals surface area contributed by atoms with Crippen LogP contribution < -0.4 is 5.73 Å². The first kappa shape index (κ1) is 21.0. The van der Waals surface area contributed by atoms with Crippen molar-refractivity contribution >= 4 is 11.8 Å². The van der Waals surface area contributed by atoms with Gasteiger partial charge in [0.1, 0.15) is 0 Å². The Morgan fingerprint density at radius 3 is 2.41 bits per heavy atom. The molecule has 0 saturated carbocycles. The van der Waals surface area contributed by atoms with E-state index in [4.69, 9.17) is 5.73 Å². The first-order valence-corrected chi connectivity index (χ1v) is 9.98. The van der Waals surface area contributed by atoms with Gasteiger partial charge < -0.3 is 20.4 Å². The quantitative estimate of drug-likeness (QED) is 0.814. The zero-order chi connectivity index (χ0) is 21.0. The Hall–Kier alpha value is -2.70. The maximum Gasteiger partial charge on any atom is 0.253 e. The van der Waals surface area contributed by atoms with Crippen molar-refractivity contribution in [2.45, 2.75) is 19.0 Å². The number of carbonyl (C=O) groups excluding carboxylic acids is 2. The third-order valence-corrected chi connectivity index (χ3v) is 5.59. The van der Waals surface area contributed by atoms with E-state index in [2.05, 4.69) is 25.1 Å². The van der Waals surface area contributed by atoms with Gasteiger partial charge in [0.25, 0.3) is 5.91 Å². The summed E-state index contributed by atoms with van der Waals surface area (Å²) >= 11 is 0. The van der Waals surface area contributed by atoms with Gasteiger partial charge in [-0.2, -0.15) is 0 Å². The second-order valence-electron chi connectivity index (χ2n) is 7.89. The standard InChI is InChI=1S/C23H30N4O2/c1-25(2)21-11-12-27(16-21)23(29)19-9-7-18(8-10-19)20-6-4-5-17(13-20)15-26(3)22(28)14-24/h4-10,13,21H,11-12,14-16,24H2,1-3H3. The SMILES string of the molecule is CN(Cc1cccc(-c2ccc(C(=O)N3CCC(N(C)C)C3)cc2)c1)C(=O)CN. The summed E-state index contributed by atoms with van der Waals surface area (Å²) in [6.07, 6.45) is 1.02. The minimum absolute atomic E-state index is 0.0119. The lowest BCUT2D eigenvalue weighted by molar-refractivity contribution is -0.128. The summed E-state index contributed by atoms with van der Waals surface area (Å²) in [5, 5.41) is 0. The summed E-state index contributed by atoms with van der Waals surface area (Å²) in [6, 6.07) is 16.3. The number of likely N-dealkylation sites (tertiary alicyclic amines) is 1. The number of rotatable bonds is 6. The van der Waals surface area contributed by atoms with Crippen molar-refractivity contribution in [1.82, 2.24) is 14.7 Å². The van der Waals surface area contributed by atoms with Crippen LogP contribution in [-0.2, 0) is 11.3 Å². The van der Waals surface area contributed by atoms with Gasteiger partial charge in [-0.25, -0.2) is 0 Å². The van der Waals surface area contributed by atoms with E-state index in [9.17, 15) is 9.59 Å². The summed E-state index contributed by atoms with van der Waals surface area (Å²) in [4.78, 5) is 30.2. The highest BCUT2D eigenvalue weighted by atomic mass is 16.2. The summed E-state index contributed by atoms with van der Waals surface area (Å²) in [7, 11) is 5.87. The molecular formula is C23H30N4O2. The zero-order valence-electron chi connectivity index (χ0n) is 17.5. The monoisotopic (exact) mass is 394 g/mol. The number of benzene rings is 2. The van der Waals surface area contributed by atoms with E-state index in [0.29, 0.717) is 12.6 Å². The van der Waals surface area contributed by atoms with E-state index in [1.807, 2.05) is 47.4 Å². The largest absolute Gasteiger partial charge is 0.340 e. The predicted molar refractivity (Wildman–Crippen MR) is 115 cm³/mol. The van der Waals surface area contributed by atoms with E-state index < -0.39 is 0 Å². The van der Waals surface area contributed by atoms with Gasteiger partial charge in [-0.3, -0.25) is 9.59 Å². The fourth-order valence-electron chi connectivity index (χ4n) is 3.70. The Kier molecular flexibility index (Phi) is 6.67. The van der Waals surface area contributed by atoms with E-state index in [-0.39, 0.29) is 18.4 Å². The lowest BCUT2D eigenvalue weighted by Crippen LogP contribution is -2.34. The minimum Gasteiger partial charge on any atom is -0.340 e. The molecule has 3 rings (SSSR count). The van der Waals surface area contributed by atoms with Gasteiger partial charge in [-0.1, -0.05) is 30.3 Å². The molecule has 1 fully saturated rings. The maximum absolute atomic E-state index is 12.8. The molecule has 2 N–H and O–H groups in total. The molecule has 0 bridgehead atoms. The number of hydrogen-bond acceptors (Lipinski definition) is 4. The van der Waals surface area contributed by atoms with Crippen molar-refractivity contribution < 1.29 is 9.59 Å². The molecule has 0 radical (unpaired) electrons. The molecule has 0 aliphatic carbocycles. The topological polar surface area (TPSA) is 69.9 Å². The van der Waals surface area contributed by atoms with Crippen molar-refractivity contribution in [3.05, 3.63) is 59.7 Å². The van der Waals surface area contributed by atoms with Crippen LogP contribution >= 0.6 is 0 Å². The molecule has 1 unspecified atom stereocenters. The number of carbonyl (C=O) groups is 2. The molecule has 2 aromatic rings. The van der Waals surface area contributed by atoms with Gasteiger partial charge in [0, 0.05) is 38.3 Å². The minimum atomic E-state index is -0.0864. The highest BCUT2D eigenvalue weighted by Crippen LogP contribution is 2.23. The molecule has 29 heavy (non-hydrogen) atoms. The van der Waals surface area contributed by atoms with E-state index in [1.54, 1.807) is 11.9 Å². The van der Waals surface area contributed by atoms with Gasteiger partial charge in [-0.15, -0.1) is 0 Å². The highest BCUT2D eigenvalue weighted by Gasteiger charge is 2.27. The van der Waals surface area contributed by atoms with Crippen LogP contribution in [0.1, 0.15) is 22.3 Å². The van der Waals surface area contributed by atoms with E-state index >= 15 is 0 Å². The van der Waals surface area contributed by atoms with Gasteiger partial charge in [0.15, 0.2) is 0 Å². The van der Waals surface area contributed by atoms with Crippen LogP contribution in [0.25, 0.3) is 11.1 Å². The van der Waals surface area contributed by atoms with E-state index in [0.717, 1.165) is 41.8 Å². The number of nitrogens with zero attached hydrogens (tertiary/aromatic N) is 3. The molecule has 1 atom stereocenters. The fraction of sp³-hybridized carbons (Fsp3) is 0.391. The zero-order valence-corrected chi connectivity index (χ0v) is 17.5. The molecule has 2 amide bonds. The normalized spacial score (nSPS) is 16.3.